The Labute approximate surface area is 149 Å². The quantitative estimate of drug-likeness (QED) is 0.747. The number of hydrogen-bond acceptors (Lipinski definition) is 4. The predicted octanol–water partition coefficient (Wildman–Crippen LogP) is 2.18. The maximum absolute atomic E-state index is 12.5. The first kappa shape index (κ1) is 19.1. The van der Waals surface area contributed by atoms with Gasteiger partial charge >= 0.3 is 0 Å². The molecular weight excluding hydrogens is 346 g/mol. The lowest BCUT2D eigenvalue weighted by molar-refractivity contribution is 0.0730. The Kier molecular flexibility index (Phi) is 6.97. The van der Waals surface area contributed by atoms with E-state index in [-0.39, 0.29) is 4.90 Å². The van der Waals surface area contributed by atoms with Crippen molar-refractivity contribution in [2.45, 2.75) is 37.6 Å². The van der Waals surface area contributed by atoms with Gasteiger partial charge in [-0.25, -0.2) is 8.42 Å². The first-order valence-electron chi connectivity index (χ1n) is 8.19. The Hall–Kier alpha value is -1.22. The number of sulfonamides is 1. The number of nitrogens with zero attached hydrogens (tertiary/aromatic N) is 1. The van der Waals surface area contributed by atoms with Crippen LogP contribution in [0.1, 0.15) is 26.7 Å². The first-order valence-corrected chi connectivity index (χ1v) is 10.0. The third-order valence-electron chi connectivity index (χ3n) is 3.82. The standard InChI is InChI=1S/C16H25N3O3S2/c1-3-4-13(2)17-16(23)18-14-5-7-15(8-6-14)24(20,21)19-9-11-22-12-10-19/h5-8,13H,3-4,9-12H2,1-2H3,(H2,17,18,23). The molecule has 1 aliphatic heterocycles. The second-order valence-corrected chi connectivity index (χ2v) is 8.18. The molecular formula is C16H25N3O3S2. The molecule has 2 N–H and O–H groups in total. The normalized spacial score (nSPS) is 17.2. The van der Waals surface area contributed by atoms with Gasteiger partial charge in [0.05, 0.1) is 18.1 Å². The summed E-state index contributed by atoms with van der Waals surface area (Å²) < 4.78 is 31.8. The van der Waals surface area contributed by atoms with Gasteiger partial charge in [0.2, 0.25) is 10.0 Å². The van der Waals surface area contributed by atoms with Crippen molar-refractivity contribution in [1.29, 1.82) is 0 Å². The van der Waals surface area contributed by atoms with Crippen LogP contribution in [0.3, 0.4) is 0 Å². The monoisotopic (exact) mass is 371 g/mol. The van der Waals surface area contributed by atoms with Gasteiger partial charge in [0.1, 0.15) is 0 Å². The third kappa shape index (κ3) is 5.14. The SMILES string of the molecule is CCCC(C)NC(=S)Nc1ccc(S(=O)(=O)N2CCOCC2)cc1. The van der Waals surface area contributed by atoms with Gasteiger partial charge < -0.3 is 15.4 Å². The van der Waals surface area contributed by atoms with Crippen molar-refractivity contribution in [2.24, 2.45) is 0 Å². The molecule has 134 valence electrons. The first-order chi connectivity index (χ1) is 11.4. The highest BCUT2D eigenvalue weighted by Crippen LogP contribution is 2.19. The van der Waals surface area contributed by atoms with E-state index in [0.29, 0.717) is 37.5 Å². The molecule has 0 spiro atoms. The van der Waals surface area contributed by atoms with Crippen LogP contribution in [-0.2, 0) is 14.8 Å². The summed E-state index contributed by atoms with van der Waals surface area (Å²) in [6.07, 6.45) is 2.13. The van der Waals surface area contributed by atoms with Gasteiger partial charge in [-0.3, -0.25) is 0 Å². The topological polar surface area (TPSA) is 70.7 Å². The lowest BCUT2D eigenvalue weighted by atomic mass is 10.2. The van der Waals surface area contributed by atoms with E-state index in [1.807, 2.05) is 0 Å². The molecule has 1 aromatic rings. The van der Waals surface area contributed by atoms with Crippen molar-refractivity contribution in [2.75, 3.05) is 31.6 Å². The van der Waals surface area contributed by atoms with E-state index < -0.39 is 10.0 Å². The Morgan fingerprint density at radius 1 is 1.29 bits per heavy atom. The summed E-state index contributed by atoms with van der Waals surface area (Å²) in [6.45, 7) is 5.87. The van der Waals surface area contributed by atoms with E-state index in [1.165, 1.54) is 4.31 Å². The minimum atomic E-state index is -3.46. The number of thiocarbonyl (C=S) groups is 1. The molecule has 0 bridgehead atoms. The average molecular weight is 372 g/mol. The molecule has 8 heteroatoms. The molecule has 0 aromatic heterocycles. The summed E-state index contributed by atoms with van der Waals surface area (Å²) >= 11 is 5.27. The van der Waals surface area contributed by atoms with Gasteiger partial charge in [0, 0.05) is 24.8 Å². The molecule has 0 amide bonds. The number of hydrogen-bond donors (Lipinski definition) is 2. The molecule has 1 saturated heterocycles. The van der Waals surface area contributed by atoms with Crippen molar-refractivity contribution in [3.63, 3.8) is 0 Å². The van der Waals surface area contributed by atoms with Crippen LogP contribution in [0.5, 0.6) is 0 Å². The second kappa shape index (κ2) is 8.75. The van der Waals surface area contributed by atoms with Gasteiger partial charge in [0.25, 0.3) is 0 Å². The van der Waals surface area contributed by atoms with Crippen molar-refractivity contribution >= 4 is 33.0 Å². The van der Waals surface area contributed by atoms with Crippen LogP contribution in [0.4, 0.5) is 5.69 Å². The van der Waals surface area contributed by atoms with Crippen LogP contribution in [-0.4, -0.2) is 50.2 Å². The maximum Gasteiger partial charge on any atom is 0.243 e. The van der Waals surface area contributed by atoms with Crippen molar-refractivity contribution in [3.05, 3.63) is 24.3 Å². The smallest absolute Gasteiger partial charge is 0.243 e. The van der Waals surface area contributed by atoms with Crippen molar-refractivity contribution in [3.8, 4) is 0 Å². The molecule has 24 heavy (non-hydrogen) atoms. The van der Waals surface area contributed by atoms with E-state index in [1.54, 1.807) is 24.3 Å². The molecule has 2 rings (SSSR count). The molecule has 1 atom stereocenters. The largest absolute Gasteiger partial charge is 0.379 e. The number of ether oxygens (including phenoxy) is 1. The lowest BCUT2D eigenvalue weighted by Gasteiger charge is -2.26. The number of rotatable bonds is 6. The van der Waals surface area contributed by atoms with E-state index >= 15 is 0 Å². The molecule has 1 aromatic carbocycles. The average Bonchev–Trinajstić information content (AvgIpc) is 2.56. The van der Waals surface area contributed by atoms with Gasteiger partial charge in [-0.15, -0.1) is 0 Å². The van der Waals surface area contributed by atoms with Crippen LogP contribution in [0.25, 0.3) is 0 Å². The van der Waals surface area contributed by atoms with E-state index in [4.69, 9.17) is 17.0 Å². The highest BCUT2D eigenvalue weighted by atomic mass is 32.2. The Morgan fingerprint density at radius 2 is 1.92 bits per heavy atom. The molecule has 1 heterocycles. The summed E-state index contributed by atoms with van der Waals surface area (Å²) in [6, 6.07) is 6.96. The fourth-order valence-electron chi connectivity index (χ4n) is 2.54. The van der Waals surface area contributed by atoms with Crippen LogP contribution in [0.2, 0.25) is 0 Å². The zero-order valence-corrected chi connectivity index (χ0v) is 15.8. The zero-order chi connectivity index (χ0) is 17.6. The zero-order valence-electron chi connectivity index (χ0n) is 14.1. The van der Waals surface area contributed by atoms with Crippen molar-refractivity contribution in [1.82, 2.24) is 9.62 Å². The second-order valence-electron chi connectivity index (χ2n) is 5.83. The van der Waals surface area contributed by atoms with Gasteiger partial charge in [-0.05, 0) is 49.8 Å². The van der Waals surface area contributed by atoms with E-state index in [2.05, 4.69) is 24.5 Å². The van der Waals surface area contributed by atoms with Crippen LogP contribution in [0, 0.1) is 0 Å². The number of nitrogens with one attached hydrogen (secondary N) is 2. The van der Waals surface area contributed by atoms with E-state index in [0.717, 1.165) is 18.5 Å². The molecule has 1 fully saturated rings. The molecule has 0 saturated carbocycles. The van der Waals surface area contributed by atoms with E-state index in [9.17, 15) is 8.42 Å². The highest BCUT2D eigenvalue weighted by molar-refractivity contribution is 7.89. The third-order valence-corrected chi connectivity index (χ3v) is 5.95. The lowest BCUT2D eigenvalue weighted by Crippen LogP contribution is -2.40. The Balaban J connectivity index is 1.98. The number of morpholine rings is 1. The van der Waals surface area contributed by atoms with Crippen LogP contribution < -0.4 is 10.6 Å². The number of anilines is 1. The fraction of sp³-hybridized carbons (Fsp3) is 0.562. The minimum absolute atomic E-state index is 0.285. The summed E-state index contributed by atoms with van der Waals surface area (Å²) in [4.78, 5) is 0.285. The Morgan fingerprint density at radius 3 is 2.50 bits per heavy atom. The van der Waals surface area contributed by atoms with Gasteiger partial charge in [-0.1, -0.05) is 13.3 Å². The fourth-order valence-corrected chi connectivity index (χ4v) is 4.27. The summed E-state index contributed by atoms with van der Waals surface area (Å²) in [7, 11) is -3.46. The van der Waals surface area contributed by atoms with Gasteiger partial charge in [-0.2, -0.15) is 4.31 Å². The van der Waals surface area contributed by atoms with Gasteiger partial charge in [0.15, 0.2) is 5.11 Å². The highest BCUT2D eigenvalue weighted by Gasteiger charge is 2.26. The molecule has 1 unspecified atom stereocenters. The summed E-state index contributed by atoms with van der Waals surface area (Å²) in [5, 5.41) is 6.83. The summed E-state index contributed by atoms with van der Waals surface area (Å²) in [5.41, 5.74) is 0.761. The molecule has 0 aliphatic carbocycles. The minimum Gasteiger partial charge on any atom is -0.379 e. The van der Waals surface area contributed by atoms with Crippen LogP contribution in [0.15, 0.2) is 29.2 Å². The Bertz CT molecular complexity index is 641. The molecule has 6 nitrogen and oxygen atoms in total. The predicted molar refractivity (Wildman–Crippen MR) is 99.7 cm³/mol. The summed E-state index contributed by atoms with van der Waals surface area (Å²) in [5.74, 6) is 0. The van der Waals surface area contributed by atoms with Crippen molar-refractivity contribution < 1.29 is 13.2 Å². The number of benzene rings is 1. The molecule has 1 aliphatic rings. The molecule has 0 radical (unpaired) electrons. The maximum atomic E-state index is 12.5. The van der Waals surface area contributed by atoms with Crippen LogP contribution >= 0.6 is 12.2 Å².